The average Bonchev–Trinajstić information content (AvgIpc) is 3.22. The number of aryl methyl sites for hydroxylation is 1. The van der Waals surface area contributed by atoms with Gasteiger partial charge in [0.05, 0.1) is 5.92 Å². The van der Waals surface area contributed by atoms with E-state index in [0.29, 0.717) is 13.0 Å². The molecule has 3 N–H and O–H groups in total. The summed E-state index contributed by atoms with van der Waals surface area (Å²) in [5.74, 6) is 0.279. The molecular formula is C20H27N3O2. The molecular weight excluding hydrogens is 314 g/mol. The van der Waals surface area contributed by atoms with E-state index in [1.54, 1.807) is 0 Å². The topological polar surface area (TPSA) is 70.2 Å². The summed E-state index contributed by atoms with van der Waals surface area (Å²) in [5, 5.41) is 9.41. The van der Waals surface area contributed by atoms with Gasteiger partial charge in [-0.05, 0) is 67.8 Å². The molecule has 2 heterocycles. The summed E-state index contributed by atoms with van der Waals surface area (Å²) in [7, 11) is 0. The highest BCUT2D eigenvalue weighted by Crippen LogP contribution is 2.58. The van der Waals surface area contributed by atoms with Crippen molar-refractivity contribution >= 4 is 17.5 Å². The van der Waals surface area contributed by atoms with Gasteiger partial charge in [-0.2, -0.15) is 0 Å². The molecule has 2 amide bonds. The lowest BCUT2D eigenvalue weighted by Crippen LogP contribution is -2.34. The van der Waals surface area contributed by atoms with Crippen LogP contribution in [0.2, 0.25) is 0 Å². The van der Waals surface area contributed by atoms with E-state index in [4.69, 9.17) is 0 Å². The number of carbonyl (C=O) groups excluding carboxylic acids is 2. The first-order valence-corrected chi connectivity index (χ1v) is 9.55. The monoisotopic (exact) mass is 341 g/mol. The van der Waals surface area contributed by atoms with Gasteiger partial charge in [-0.1, -0.05) is 19.1 Å². The van der Waals surface area contributed by atoms with E-state index >= 15 is 0 Å². The maximum atomic E-state index is 12.4. The van der Waals surface area contributed by atoms with Crippen LogP contribution < -0.4 is 16.0 Å². The maximum absolute atomic E-state index is 12.4. The number of rotatable bonds is 5. The summed E-state index contributed by atoms with van der Waals surface area (Å²) in [4.78, 5) is 24.7. The van der Waals surface area contributed by atoms with Crippen LogP contribution in [-0.2, 0) is 16.0 Å². The van der Waals surface area contributed by atoms with Crippen molar-refractivity contribution < 1.29 is 9.59 Å². The SMILES string of the molecule is CCc1ccc2c(c1)C(CCNC(=O)C1CC13CCNCC3)C(=O)N2. The Morgan fingerprint density at radius 2 is 2.12 bits per heavy atom. The molecule has 2 aliphatic heterocycles. The smallest absolute Gasteiger partial charge is 0.232 e. The van der Waals surface area contributed by atoms with Crippen molar-refractivity contribution in [1.29, 1.82) is 0 Å². The van der Waals surface area contributed by atoms with Gasteiger partial charge in [0.25, 0.3) is 0 Å². The summed E-state index contributed by atoms with van der Waals surface area (Å²) in [6.45, 7) is 4.75. The fraction of sp³-hybridized carbons (Fsp3) is 0.600. The lowest BCUT2D eigenvalue weighted by Gasteiger charge is -2.23. The van der Waals surface area contributed by atoms with E-state index in [0.717, 1.165) is 50.0 Å². The Labute approximate surface area is 148 Å². The molecule has 2 fully saturated rings. The molecule has 3 aliphatic rings. The number of hydrogen-bond acceptors (Lipinski definition) is 3. The number of piperidine rings is 1. The molecule has 0 bridgehead atoms. The van der Waals surface area contributed by atoms with Gasteiger partial charge in [0.2, 0.25) is 11.8 Å². The molecule has 1 spiro atoms. The zero-order chi connectivity index (χ0) is 17.4. The predicted octanol–water partition coefficient (Wildman–Crippen LogP) is 2.18. The molecule has 1 aromatic carbocycles. The molecule has 1 saturated heterocycles. The Bertz CT molecular complexity index is 694. The van der Waals surface area contributed by atoms with Crippen molar-refractivity contribution in [3.63, 3.8) is 0 Å². The van der Waals surface area contributed by atoms with Crippen LogP contribution in [0.4, 0.5) is 5.69 Å². The minimum atomic E-state index is -0.145. The van der Waals surface area contributed by atoms with Crippen LogP contribution in [0.25, 0.3) is 0 Å². The van der Waals surface area contributed by atoms with Gasteiger partial charge in [0.1, 0.15) is 0 Å². The molecule has 134 valence electrons. The standard InChI is InChI=1S/C20H27N3O2/c1-2-13-3-4-17-15(11-13)14(18(24)23-17)5-8-22-19(25)16-12-20(16)6-9-21-10-7-20/h3-4,11,14,16,21H,2,5-10,12H2,1H3,(H,22,25)(H,23,24). The third-order valence-electron chi connectivity index (χ3n) is 6.31. The van der Waals surface area contributed by atoms with Crippen molar-refractivity contribution in [3.8, 4) is 0 Å². The number of carbonyl (C=O) groups is 2. The van der Waals surface area contributed by atoms with Crippen LogP contribution in [-0.4, -0.2) is 31.4 Å². The zero-order valence-corrected chi connectivity index (χ0v) is 14.9. The van der Waals surface area contributed by atoms with Crippen molar-refractivity contribution in [2.45, 2.75) is 44.9 Å². The van der Waals surface area contributed by atoms with Gasteiger partial charge in [0.15, 0.2) is 0 Å². The molecule has 2 unspecified atom stereocenters. The van der Waals surface area contributed by atoms with Crippen LogP contribution in [0.3, 0.4) is 0 Å². The first-order chi connectivity index (χ1) is 12.1. The van der Waals surface area contributed by atoms with Crippen LogP contribution in [0.5, 0.6) is 0 Å². The molecule has 5 heteroatoms. The van der Waals surface area contributed by atoms with Crippen molar-refractivity contribution in [1.82, 2.24) is 10.6 Å². The van der Waals surface area contributed by atoms with Crippen LogP contribution in [0.1, 0.15) is 49.7 Å². The van der Waals surface area contributed by atoms with Gasteiger partial charge in [0, 0.05) is 18.2 Å². The number of fused-ring (bicyclic) bond motifs is 1. The molecule has 2 atom stereocenters. The number of nitrogens with one attached hydrogen (secondary N) is 3. The molecule has 0 radical (unpaired) electrons. The van der Waals surface area contributed by atoms with E-state index < -0.39 is 0 Å². The summed E-state index contributed by atoms with van der Waals surface area (Å²) in [6.07, 6.45) is 4.89. The highest BCUT2D eigenvalue weighted by atomic mass is 16.2. The summed E-state index contributed by atoms with van der Waals surface area (Å²) in [5.41, 5.74) is 3.52. The van der Waals surface area contributed by atoms with Gasteiger partial charge in [-0.3, -0.25) is 9.59 Å². The lowest BCUT2D eigenvalue weighted by atomic mass is 9.91. The molecule has 1 aliphatic carbocycles. The first-order valence-electron chi connectivity index (χ1n) is 9.55. The normalized spacial score (nSPS) is 26.2. The molecule has 25 heavy (non-hydrogen) atoms. The largest absolute Gasteiger partial charge is 0.356 e. The molecule has 4 rings (SSSR count). The van der Waals surface area contributed by atoms with Gasteiger partial charge in [-0.15, -0.1) is 0 Å². The fourth-order valence-corrected chi connectivity index (χ4v) is 4.54. The third kappa shape index (κ3) is 3.06. The van der Waals surface area contributed by atoms with Crippen molar-refractivity contribution in [2.24, 2.45) is 11.3 Å². The first kappa shape index (κ1) is 16.6. The van der Waals surface area contributed by atoms with Gasteiger partial charge < -0.3 is 16.0 Å². The van der Waals surface area contributed by atoms with E-state index in [1.807, 2.05) is 6.07 Å². The predicted molar refractivity (Wildman–Crippen MR) is 97.5 cm³/mol. The number of amides is 2. The number of hydrogen-bond donors (Lipinski definition) is 3. The number of anilines is 1. The number of benzene rings is 1. The summed E-state index contributed by atoms with van der Waals surface area (Å²) in [6, 6.07) is 6.19. The maximum Gasteiger partial charge on any atom is 0.232 e. The third-order valence-corrected chi connectivity index (χ3v) is 6.31. The van der Waals surface area contributed by atoms with Crippen molar-refractivity contribution in [2.75, 3.05) is 25.0 Å². The van der Waals surface area contributed by atoms with Gasteiger partial charge in [-0.25, -0.2) is 0 Å². The summed E-state index contributed by atoms with van der Waals surface area (Å²) < 4.78 is 0. The average molecular weight is 341 g/mol. The lowest BCUT2D eigenvalue weighted by molar-refractivity contribution is -0.123. The Morgan fingerprint density at radius 1 is 1.32 bits per heavy atom. The van der Waals surface area contributed by atoms with Crippen LogP contribution >= 0.6 is 0 Å². The quantitative estimate of drug-likeness (QED) is 0.769. The zero-order valence-electron chi connectivity index (χ0n) is 14.9. The van der Waals surface area contributed by atoms with Crippen molar-refractivity contribution in [3.05, 3.63) is 29.3 Å². The minimum Gasteiger partial charge on any atom is -0.356 e. The molecule has 5 nitrogen and oxygen atoms in total. The Hall–Kier alpha value is -1.88. The fourth-order valence-electron chi connectivity index (χ4n) is 4.54. The Kier molecular flexibility index (Phi) is 4.28. The van der Waals surface area contributed by atoms with Crippen LogP contribution in [0, 0.1) is 11.3 Å². The Morgan fingerprint density at radius 3 is 2.88 bits per heavy atom. The highest BCUT2D eigenvalue weighted by molar-refractivity contribution is 6.03. The minimum absolute atomic E-state index is 0.0544. The second-order valence-corrected chi connectivity index (χ2v) is 7.77. The molecule has 0 aromatic heterocycles. The second kappa shape index (κ2) is 6.45. The highest BCUT2D eigenvalue weighted by Gasteiger charge is 2.57. The Balaban J connectivity index is 1.32. The van der Waals surface area contributed by atoms with Gasteiger partial charge >= 0.3 is 0 Å². The van der Waals surface area contributed by atoms with E-state index in [1.165, 1.54) is 5.56 Å². The summed E-state index contributed by atoms with van der Waals surface area (Å²) >= 11 is 0. The van der Waals surface area contributed by atoms with E-state index in [2.05, 4.69) is 35.0 Å². The van der Waals surface area contributed by atoms with Crippen LogP contribution in [0.15, 0.2) is 18.2 Å². The van der Waals surface area contributed by atoms with E-state index in [9.17, 15) is 9.59 Å². The second-order valence-electron chi connectivity index (χ2n) is 7.77. The molecule has 1 saturated carbocycles. The van der Waals surface area contributed by atoms with E-state index in [-0.39, 0.29) is 29.1 Å². The molecule has 1 aromatic rings.